The summed E-state index contributed by atoms with van der Waals surface area (Å²) < 4.78 is 0. The van der Waals surface area contributed by atoms with Gasteiger partial charge in [0.15, 0.2) is 0 Å². The topological polar surface area (TPSA) is 3.24 Å². The SMILES string of the molecule is c1ccc2c(c1)CCc1ccccc1N2c1cccc2ccccc12. The summed E-state index contributed by atoms with van der Waals surface area (Å²) in [6, 6.07) is 32.8. The highest BCUT2D eigenvalue weighted by Crippen LogP contribution is 2.43. The van der Waals surface area contributed by atoms with Gasteiger partial charge in [0, 0.05) is 16.8 Å². The molecule has 120 valence electrons. The lowest BCUT2D eigenvalue weighted by Crippen LogP contribution is -2.12. The molecule has 0 radical (unpaired) electrons. The van der Waals surface area contributed by atoms with Crippen molar-refractivity contribution in [2.75, 3.05) is 4.90 Å². The van der Waals surface area contributed by atoms with Crippen molar-refractivity contribution in [1.82, 2.24) is 0 Å². The van der Waals surface area contributed by atoms with Gasteiger partial charge in [-0.1, -0.05) is 72.8 Å². The highest BCUT2D eigenvalue weighted by atomic mass is 15.1. The first-order valence-corrected chi connectivity index (χ1v) is 8.85. The first-order valence-electron chi connectivity index (χ1n) is 8.85. The van der Waals surface area contributed by atoms with Gasteiger partial charge in [0.1, 0.15) is 0 Å². The molecule has 5 rings (SSSR count). The van der Waals surface area contributed by atoms with Gasteiger partial charge in [-0.05, 0) is 47.6 Å². The number of nitrogens with zero attached hydrogens (tertiary/aromatic N) is 1. The van der Waals surface area contributed by atoms with Crippen molar-refractivity contribution in [2.24, 2.45) is 0 Å². The minimum atomic E-state index is 1.08. The smallest absolute Gasteiger partial charge is 0.0540 e. The van der Waals surface area contributed by atoms with E-state index in [1.165, 1.54) is 39.0 Å². The van der Waals surface area contributed by atoms with Crippen LogP contribution in [0.5, 0.6) is 0 Å². The van der Waals surface area contributed by atoms with Crippen LogP contribution in [0.2, 0.25) is 0 Å². The third kappa shape index (κ3) is 2.32. The van der Waals surface area contributed by atoms with Gasteiger partial charge in [-0.3, -0.25) is 0 Å². The van der Waals surface area contributed by atoms with Crippen molar-refractivity contribution in [1.29, 1.82) is 0 Å². The van der Waals surface area contributed by atoms with Gasteiger partial charge in [0.2, 0.25) is 0 Å². The Hall–Kier alpha value is -3.06. The largest absolute Gasteiger partial charge is 0.309 e. The molecular formula is C24H19N. The van der Waals surface area contributed by atoms with Crippen molar-refractivity contribution in [3.8, 4) is 0 Å². The van der Waals surface area contributed by atoms with Crippen molar-refractivity contribution >= 4 is 27.8 Å². The van der Waals surface area contributed by atoms with Gasteiger partial charge in [-0.25, -0.2) is 0 Å². The Labute approximate surface area is 148 Å². The van der Waals surface area contributed by atoms with E-state index < -0.39 is 0 Å². The second-order valence-corrected chi connectivity index (χ2v) is 6.59. The zero-order chi connectivity index (χ0) is 16.6. The number of para-hydroxylation sites is 2. The maximum absolute atomic E-state index is 2.44. The van der Waals surface area contributed by atoms with Gasteiger partial charge in [0.05, 0.1) is 5.69 Å². The zero-order valence-corrected chi connectivity index (χ0v) is 14.0. The van der Waals surface area contributed by atoms with Crippen LogP contribution in [-0.4, -0.2) is 0 Å². The van der Waals surface area contributed by atoms with E-state index in [9.17, 15) is 0 Å². The molecule has 0 unspecified atom stereocenters. The third-order valence-corrected chi connectivity index (χ3v) is 5.14. The summed E-state index contributed by atoms with van der Waals surface area (Å²) in [7, 11) is 0. The van der Waals surface area contributed by atoms with E-state index >= 15 is 0 Å². The molecule has 1 heterocycles. The van der Waals surface area contributed by atoms with E-state index in [1.807, 2.05) is 0 Å². The fourth-order valence-electron chi connectivity index (χ4n) is 3.94. The van der Waals surface area contributed by atoms with Crippen LogP contribution in [0.25, 0.3) is 10.8 Å². The number of hydrogen-bond donors (Lipinski definition) is 0. The lowest BCUT2D eigenvalue weighted by atomic mass is 10.0. The van der Waals surface area contributed by atoms with Crippen LogP contribution in [0.4, 0.5) is 17.1 Å². The molecule has 0 fully saturated rings. The quantitative estimate of drug-likeness (QED) is 0.391. The van der Waals surface area contributed by atoms with Crippen molar-refractivity contribution in [2.45, 2.75) is 12.8 Å². The molecule has 0 bridgehead atoms. The Balaban J connectivity index is 1.85. The van der Waals surface area contributed by atoms with Crippen LogP contribution in [0, 0.1) is 0 Å². The summed E-state index contributed by atoms with van der Waals surface area (Å²) in [6.07, 6.45) is 2.16. The molecular weight excluding hydrogens is 302 g/mol. The molecule has 1 nitrogen and oxygen atoms in total. The number of aryl methyl sites for hydroxylation is 2. The molecule has 0 atom stereocenters. The standard InChI is InChI=1S/C24H19N/c1-4-12-21-18(8-1)11-7-15-24(21)25-22-13-5-2-9-19(22)16-17-20-10-3-6-14-23(20)25/h1-15H,16-17H2. The van der Waals surface area contributed by atoms with Crippen molar-refractivity contribution < 1.29 is 0 Å². The van der Waals surface area contributed by atoms with Crippen molar-refractivity contribution in [3.05, 3.63) is 102 Å². The Bertz CT molecular complexity index is 1010. The van der Waals surface area contributed by atoms with Gasteiger partial charge >= 0.3 is 0 Å². The van der Waals surface area contributed by atoms with Gasteiger partial charge < -0.3 is 4.90 Å². The summed E-state index contributed by atoms with van der Waals surface area (Å²) in [5.41, 5.74) is 6.66. The molecule has 0 saturated heterocycles. The van der Waals surface area contributed by atoms with Gasteiger partial charge in [-0.15, -0.1) is 0 Å². The average Bonchev–Trinajstić information content (AvgIpc) is 2.84. The molecule has 0 spiro atoms. The van der Waals surface area contributed by atoms with E-state index in [4.69, 9.17) is 0 Å². The number of fused-ring (bicyclic) bond motifs is 3. The van der Waals surface area contributed by atoms with Crippen LogP contribution in [-0.2, 0) is 12.8 Å². The van der Waals surface area contributed by atoms with Gasteiger partial charge in [0.25, 0.3) is 0 Å². The Morgan fingerprint density at radius 1 is 0.480 bits per heavy atom. The predicted molar refractivity (Wildman–Crippen MR) is 106 cm³/mol. The number of rotatable bonds is 1. The molecule has 0 amide bonds. The second-order valence-electron chi connectivity index (χ2n) is 6.59. The van der Waals surface area contributed by atoms with Crippen LogP contribution in [0.1, 0.15) is 11.1 Å². The molecule has 0 aromatic heterocycles. The summed E-state index contributed by atoms with van der Waals surface area (Å²) in [6.45, 7) is 0. The average molecular weight is 321 g/mol. The van der Waals surface area contributed by atoms with Crippen LogP contribution < -0.4 is 4.90 Å². The number of anilines is 3. The molecule has 4 aromatic carbocycles. The fourth-order valence-corrected chi connectivity index (χ4v) is 3.94. The summed E-state index contributed by atoms with van der Waals surface area (Å²) in [5.74, 6) is 0. The molecule has 1 aliphatic rings. The Morgan fingerprint density at radius 3 is 1.72 bits per heavy atom. The Kier molecular flexibility index (Phi) is 3.31. The first kappa shape index (κ1) is 14.3. The minimum absolute atomic E-state index is 1.08. The van der Waals surface area contributed by atoms with Crippen LogP contribution in [0.3, 0.4) is 0 Å². The third-order valence-electron chi connectivity index (χ3n) is 5.14. The summed E-state index contributed by atoms with van der Waals surface area (Å²) in [5, 5.41) is 2.57. The van der Waals surface area contributed by atoms with Crippen LogP contribution in [0.15, 0.2) is 91.0 Å². The zero-order valence-electron chi connectivity index (χ0n) is 14.0. The predicted octanol–water partition coefficient (Wildman–Crippen LogP) is 6.41. The lowest BCUT2D eigenvalue weighted by Gasteiger charge is -2.28. The first-order chi connectivity index (χ1) is 12.4. The fraction of sp³-hybridized carbons (Fsp3) is 0.0833. The normalized spacial score (nSPS) is 13.2. The minimum Gasteiger partial charge on any atom is -0.309 e. The second kappa shape index (κ2) is 5.78. The lowest BCUT2D eigenvalue weighted by molar-refractivity contribution is 0.977. The summed E-state index contributed by atoms with van der Waals surface area (Å²) >= 11 is 0. The maximum atomic E-state index is 2.44. The molecule has 0 N–H and O–H groups in total. The number of hydrogen-bond acceptors (Lipinski definition) is 1. The Morgan fingerprint density at radius 2 is 1.00 bits per heavy atom. The maximum Gasteiger partial charge on any atom is 0.0540 e. The number of benzene rings is 4. The van der Waals surface area contributed by atoms with Gasteiger partial charge in [-0.2, -0.15) is 0 Å². The monoisotopic (exact) mass is 321 g/mol. The molecule has 25 heavy (non-hydrogen) atoms. The molecule has 1 aliphatic heterocycles. The summed E-state index contributed by atoms with van der Waals surface area (Å²) in [4.78, 5) is 2.44. The highest BCUT2D eigenvalue weighted by molar-refractivity contribution is 5.99. The molecule has 0 saturated carbocycles. The van der Waals surface area contributed by atoms with E-state index in [0.717, 1.165) is 12.8 Å². The van der Waals surface area contributed by atoms with Crippen LogP contribution >= 0.6 is 0 Å². The molecule has 0 aliphatic carbocycles. The molecule has 1 heteroatoms. The van der Waals surface area contributed by atoms with E-state index in [0.29, 0.717) is 0 Å². The van der Waals surface area contributed by atoms with E-state index in [-0.39, 0.29) is 0 Å². The van der Waals surface area contributed by atoms with E-state index in [2.05, 4.69) is 95.9 Å². The molecule has 4 aromatic rings. The van der Waals surface area contributed by atoms with Crippen molar-refractivity contribution in [3.63, 3.8) is 0 Å². The van der Waals surface area contributed by atoms with E-state index in [1.54, 1.807) is 0 Å². The highest BCUT2D eigenvalue weighted by Gasteiger charge is 2.22.